The van der Waals surface area contributed by atoms with Gasteiger partial charge in [-0.3, -0.25) is 4.90 Å². The van der Waals surface area contributed by atoms with Crippen molar-refractivity contribution in [2.24, 2.45) is 5.92 Å². The fourth-order valence-electron chi connectivity index (χ4n) is 2.41. The summed E-state index contributed by atoms with van der Waals surface area (Å²) in [6, 6.07) is 0. The number of rotatable bonds is 8. The van der Waals surface area contributed by atoms with Crippen molar-refractivity contribution in [3.8, 4) is 0 Å². The highest BCUT2D eigenvalue weighted by Gasteiger charge is 2.18. The molecule has 0 radical (unpaired) electrons. The van der Waals surface area contributed by atoms with Gasteiger partial charge in [0.2, 0.25) is 0 Å². The minimum atomic E-state index is -0.235. The largest absolute Gasteiger partial charge is 0.390 e. The van der Waals surface area contributed by atoms with Gasteiger partial charge in [0, 0.05) is 39.3 Å². The lowest BCUT2D eigenvalue weighted by Crippen LogP contribution is -2.49. The molecule has 108 valence electrons. The predicted octanol–water partition coefficient (Wildman–Crippen LogP) is 0.621. The van der Waals surface area contributed by atoms with Crippen LogP contribution in [0.5, 0.6) is 0 Å². The van der Waals surface area contributed by atoms with Gasteiger partial charge in [0.05, 0.1) is 6.10 Å². The average molecular weight is 257 g/mol. The van der Waals surface area contributed by atoms with Crippen LogP contribution in [0.2, 0.25) is 0 Å². The van der Waals surface area contributed by atoms with E-state index in [-0.39, 0.29) is 6.10 Å². The molecule has 4 nitrogen and oxygen atoms in total. The maximum Gasteiger partial charge on any atom is 0.0791 e. The first-order valence-electron chi connectivity index (χ1n) is 7.45. The average Bonchev–Trinajstić information content (AvgIpc) is 2.31. The van der Waals surface area contributed by atoms with Gasteiger partial charge in [-0.15, -0.1) is 0 Å². The van der Waals surface area contributed by atoms with Gasteiger partial charge in [-0.05, 0) is 25.4 Å². The molecule has 0 aromatic heterocycles. The van der Waals surface area contributed by atoms with E-state index >= 15 is 0 Å². The fourth-order valence-corrected chi connectivity index (χ4v) is 2.41. The fraction of sp³-hybridized carbons (Fsp3) is 1.00. The Balaban J connectivity index is 2.08. The molecule has 1 aliphatic rings. The van der Waals surface area contributed by atoms with Gasteiger partial charge < -0.3 is 15.3 Å². The molecule has 2 N–H and O–H groups in total. The van der Waals surface area contributed by atoms with Crippen molar-refractivity contribution in [2.75, 3.05) is 52.4 Å². The van der Waals surface area contributed by atoms with E-state index in [0.29, 0.717) is 12.5 Å². The molecule has 1 rings (SSSR count). The van der Waals surface area contributed by atoms with E-state index in [0.717, 1.165) is 39.3 Å². The van der Waals surface area contributed by atoms with E-state index < -0.39 is 0 Å². The number of hydrogen-bond acceptors (Lipinski definition) is 4. The van der Waals surface area contributed by atoms with Gasteiger partial charge in [0.25, 0.3) is 0 Å². The smallest absolute Gasteiger partial charge is 0.0791 e. The molecule has 0 saturated carbocycles. The van der Waals surface area contributed by atoms with Crippen LogP contribution in [0.3, 0.4) is 0 Å². The number of hydrogen-bond donors (Lipinski definition) is 2. The molecule has 1 saturated heterocycles. The van der Waals surface area contributed by atoms with E-state index in [1.54, 1.807) is 0 Å². The summed E-state index contributed by atoms with van der Waals surface area (Å²) >= 11 is 0. The third kappa shape index (κ3) is 6.69. The SMILES string of the molecule is CCCN1CCN(CC(O)CNCC(C)C)CC1. The van der Waals surface area contributed by atoms with E-state index in [1.165, 1.54) is 13.0 Å². The molecule has 4 heteroatoms. The maximum absolute atomic E-state index is 9.97. The van der Waals surface area contributed by atoms with Gasteiger partial charge in [-0.2, -0.15) is 0 Å². The summed E-state index contributed by atoms with van der Waals surface area (Å²) < 4.78 is 0. The zero-order valence-electron chi connectivity index (χ0n) is 12.4. The van der Waals surface area contributed by atoms with E-state index in [1.807, 2.05) is 0 Å². The van der Waals surface area contributed by atoms with Crippen LogP contribution in [0.15, 0.2) is 0 Å². The van der Waals surface area contributed by atoms with E-state index in [9.17, 15) is 5.11 Å². The Morgan fingerprint density at radius 2 is 1.67 bits per heavy atom. The zero-order chi connectivity index (χ0) is 13.4. The molecule has 0 bridgehead atoms. The summed E-state index contributed by atoms with van der Waals surface area (Å²) in [5.74, 6) is 0.648. The quantitative estimate of drug-likeness (QED) is 0.669. The van der Waals surface area contributed by atoms with Crippen molar-refractivity contribution in [1.82, 2.24) is 15.1 Å². The first-order chi connectivity index (χ1) is 8.61. The van der Waals surface area contributed by atoms with Crippen molar-refractivity contribution in [3.63, 3.8) is 0 Å². The summed E-state index contributed by atoms with van der Waals surface area (Å²) in [6.45, 7) is 14.8. The molecule has 1 aliphatic heterocycles. The van der Waals surface area contributed by atoms with Crippen LogP contribution >= 0.6 is 0 Å². The Morgan fingerprint density at radius 3 is 2.22 bits per heavy atom. The molecule has 1 unspecified atom stereocenters. The van der Waals surface area contributed by atoms with Crippen molar-refractivity contribution in [2.45, 2.75) is 33.3 Å². The van der Waals surface area contributed by atoms with Crippen LogP contribution in [-0.4, -0.2) is 73.4 Å². The first kappa shape index (κ1) is 15.9. The minimum Gasteiger partial charge on any atom is -0.390 e. The molecule has 1 fully saturated rings. The van der Waals surface area contributed by atoms with Crippen LogP contribution in [0, 0.1) is 5.92 Å². The molecule has 1 heterocycles. The second-order valence-electron chi connectivity index (χ2n) is 5.85. The molecule has 0 amide bonds. The summed E-state index contributed by atoms with van der Waals surface area (Å²) in [6.07, 6.45) is 1.00. The highest BCUT2D eigenvalue weighted by atomic mass is 16.3. The summed E-state index contributed by atoms with van der Waals surface area (Å²) in [5.41, 5.74) is 0. The minimum absolute atomic E-state index is 0.235. The Labute approximate surface area is 112 Å². The monoisotopic (exact) mass is 257 g/mol. The van der Waals surface area contributed by atoms with Crippen molar-refractivity contribution < 1.29 is 5.11 Å². The number of nitrogens with one attached hydrogen (secondary N) is 1. The summed E-state index contributed by atoms with van der Waals surface area (Å²) in [7, 11) is 0. The summed E-state index contributed by atoms with van der Waals surface area (Å²) in [4.78, 5) is 4.90. The lowest BCUT2D eigenvalue weighted by atomic mass is 10.2. The Bertz CT molecular complexity index is 203. The van der Waals surface area contributed by atoms with Crippen LogP contribution < -0.4 is 5.32 Å². The molecule has 0 aliphatic carbocycles. The topological polar surface area (TPSA) is 38.7 Å². The second-order valence-corrected chi connectivity index (χ2v) is 5.85. The van der Waals surface area contributed by atoms with Crippen LogP contribution in [-0.2, 0) is 0 Å². The van der Waals surface area contributed by atoms with Gasteiger partial charge >= 0.3 is 0 Å². The van der Waals surface area contributed by atoms with Gasteiger partial charge in [-0.1, -0.05) is 20.8 Å². The second kappa shape index (κ2) is 8.86. The van der Waals surface area contributed by atoms with Crippen LogP contribution in [0.4, 0.5) is 0 Å². The van der Waals surface area contributed by atoms with E-state index in [2.05, 4.69) is 35.9 Å². The number of aliphatic hydroxyl groups excluding tert-OH is 1. The third-order valence-electron chi connectivity index (χ3n) is 3.41. The number of nitrogens with zero attached hydrogens (tertiary/aromatic N) is 2. The zero-order valence-corrected chi connectivity index (χ0v) is 12.4. The molecule has 18 heavy (non-hydrogen) atoms. The third-order valence-corrected chi connectivity index (χ3v) is 3.41. The standard InChI is InChI=1S/C14H31N3O/c1-4-5-16-6-8-17(9-7-16)12-14(18)11-15-10-13(2)3/h13-15,18H,4-12H2,1-3H3. The summed E-state index contributed by atoms with van der Waals surface area (Å²) in [5, 5.41) is 13.3. The maximum atomic E-state index is 9.97. The Hall–Kier alpha value is -0.160. The lowest BCUT2D eigenvalue weighted by molar-refractivity contribution is 0.0723. The highest BCUT2D eigenvalue weighted by Crippen LogP contribution is 2.03. The van der Waals surface area contributed by atoms with Crippen molar-refractivity contribution >= 4 is 0 Å². The normalized spacial score (nSPS) is 20.5. The first-order valence-corrected chi connectivity index (χ1v) is 7.45. The molecular formula is C14H31N3O. The lowest BCUT2D eigenvalue weighted by Gasteiger charge is -2.35. The molecule has 0 aromatic rings. The van der Waals surface area contributed by atoms with Gasteiger partial charge in [0.15, 0.2) is 0 Å². The molecule has 1 atom stereocenters. The molecule has 0 aromatic carbocycles. The number of aliphatic hydroxyl groups is 1. The van der Waals surface area contributed by atoms with Crippen molar-refractivity contribution in [3.05, 3.63) is 0 Å². The molecule has 0 spiro atoms. The van der Waals surface area contributed by atoms with Gasteiger partial charge in [-0.25, -0.2) is 0 Å². The van der Waals surface area contributed by atoms with Crippen LogP contribution in [0.1, 0.15) is 27.2 Å². The number of β-amino-alcohol motifs (C(OH)–C–C–N with tert-alkyl or cyclic N) is 1. The highest BCUT2D eigenvalue weighted by molar-refractivity contribution is 4.74. The van der Waals surface area contributed by atoms with Crippen LogP contribution in [0.25, 0.3) is 0 Å². The Morgan fingerprint density at radius 1 is 1.06 bits per heavy atom. The van der Waals surface area contributed by atoms with E-state index in [4.69, 9.17) is 0 Å². The van der Waals surface area contributed by atoms with Crippen molar-refractivity contribution in [1.29, 1.82) is 0 Å². The molecular weight excluding hydrogens is 226 g/mol. The Kier molecular flexibility index (Phi) is 7.82. The predicted molar refractivity (Wildman–Crippen MR) is 76.9 cm³/mol. The van der Waals surface area contributed by atoms with Gasteiger partial charge in [0.1, 0.15) is 0 Å². The number of piperazine rings is 1.